The quantitative estimate of drug-likeness (QED) is 0.187. The minimum atomic E-state index is -0.848. The van der Waals surface area contributed by atoms with E-state index in [1.54, 1.807) is 13.0 Å². The molecule has 4 bridgehead atoms. The van der Waals surface area contributed by atoms with E-state index >= 15 is 0 Å². The maximum absolute atomic E-state index is 12.9. The van der Waals surface area contributed by atoms with Crippen LogP contribution >= 0.6 is 45.2 Å². The fraction of sp³-hybridized carbons (Fsp3) is 0.522. The van der Waals surface area contributed by atoms with E-state index in [9.17, 15) is 19.5 Å². The number of carbonyl (C=O) groups is 3. The number of ether oxygens (including phenoxy) is 3. The van der Waals surface area contributed by atoms with Gasteiger partial charge in [0.2, 0.25) is 0 Å². The lowest BCUT2D eigenvalue weighted by Gasteiger charge is -2.59. The highest BCUT2D eigenvalue weighted by atomic mass is 127. The number of halogens is 2. The third-order valence-corrected chi connectivity index (χ3v) is 8.16. The molecule has 7 nitrogen and oxygen atoms in total. The Morgan fingerprint density at radius 3 is 2.41 bits per heavy atom. The van der Waals surface area contributed by atoms with Crippen LogP contribution in [0.15, 0.2) is 24.3 Å². The van der Waals surface area contributed by atoms with Crippen LogP contribution in [-0.2, 0) is 25.7 Å². The van der Waals surface area contributed by atoms with Gasteiger partial charge in [-0.2, -0.15) is 0 Å². The molecule has 0 aromatic heterocycles. The summed E-state index contributed by atoms with van der Waals surface area (Å²) in [6, 6.07) is 3.62. The van der Waals surface area contributed by atoms with Gasteiger partial charge in [0.25, 0.3) is 0 Å². The summed E-state index contributed by atoms with van der Waals surface area (Å²) in [5, 5.41) is 9.88. The summed E-state index contributed by atoms with van der Waals surface area (Å²) in [5.41, 5.74) is -0.772. The predicted molar refractivity (Wildman–Crippen MR) is 131 cm³/mol. The number of carbonyl (C=O) groups excluding carboxylic acids is 2. The fourth-order valence-corrected chi connectivity index (χ4v) is 8.01. The smallest absolute Gasteiger partial charge is 0.481 e. The van der Waals surface area contributed by atoms with Crippen molar-refractivity contribution in [3.8, 4) is 5.75 Å². The number of aliphatic carboxylic acids is 1. The summed E-state index contributed by atoms with van der Waals surface area (Å²) in [4.78, 5) is 36.7. The standard InChI is InChI=1S/C23H24I2O7/c1-12(2)19(26)30-10-15-4-16(24)5-17(25)18(15)31-21(29)32-23-8-13-3-14(9-23)7-22(6-13,11-23)20(27)28/h4-5,13-14H,1,3,6-11H2,2H3,(H,27,28). The molecule has 1 aromatic rings. The highest BCUT2D eigenvalue weighted by Gasteiger charge is 2.62. The number of rotatable bonds is 6. The molecular weight excluding hydrogens is 642 g/mol. The van der Waals surface area contributed by atoms with Crippen molar-refractivity contribution in [2.45, 2.75) is 57.7 Å². The van der Waals surface area contributed by atoms with Crippen molar-refractivity contribution in [2.75, 3.05) is 0 Å². The van der Waals surface area contributed by atoms with Crippen LogP contribution in [0, 0.1) is 24.4 Å². The Bertz CT molecular complexity index is 988. The minimum absolute atomic E-state index is 0.0709. The molecule has 0 saturated heterocycles. The first-order valence-electron chi connectivity index (χ1n) is 10.5. The third kappa shape index (κ3) is 4.64. The summed E-state index contributed by atoms with van der Waals surface area (Å²) in [7, 11) is 0. The monoisotopic (exact) mass is 666 g/mol. The molecule has 0 amide bonds. The number of carboxylic acids is 1. The van der Waals surface area contributed by atoms with Gasteiger partial charge in [0, 0.05) is 21.1 Å². The van der Waals surface area contributed by atoms with Gasteiger partial charge in [-0.25, -0.2) is 9.59 Å². The molecule has 2 atom stereocenters. The van der Waals surface area contributed by atoms with E-state index in [2.05, 4.69) is 51.8 Å². The zero-order valence-electron chi connectivity index (χ0n) is 17.6. The van der Waals surface area contributed by atoms with Crippen molar-refractivity contribution < 1.29 is 33.7 Å². The van der Waals surface area contributed by atoms with Gasteiger partial charge in [-0.05, 0) is 108 Å². The Morgan fingerprint density at radius 2 is 1.81 bits per heavy atom. The SMILES string of the molecule is C=C(C)C(=O)OCc1cc(I)cc(I)c1OC(=O)OC12CC3CC(C1)CC(C(=O)O)(C3)C2. The van der Waals surface area contributed by atoms with Gasteiger partial charge < -0.3 is 19.3 Å². The van der Waals surface area contributed by atoms with E-state index in [1.807, 2.05) is 6.07 Å². The van der Waals surface area contributed by atoms with E-state index in [4.69, 9.17) is 14.2 Å². The molecule has 1 N–H and O–H groups in total. The molecule has 9 heteroatoms. The number of carboxylic acid groups (broad SMARTS) is 1. The first kappa shape index (κ1) is 23.8. The molecule has 32 heavy (non-hydrogen) atoms. The molecule has 1 aromatic carbocycles. The van der Waals surface area contributed by atoms with Crippen LogP contribution < -0.4 is 4.74 Å². The highest BCUT2D eigenvalue weighted by molar-refractivity contribution is 14.1. The zero-order valence-corrected chi connectivity index (χ0v) is 21.9. The second-order valence-electron chi connectivity index (χ2n) is 9.42. The van der Waals surface area contributed by atoms with Crippen LogP contribution in [0.5, 0.6) is 5.75 Å². The predicted octanol–water partition coefficient (Wildman–Crippen LogP) is 5.45. The Kier molecular flexibility index (Phi) is 6.51. The van der Waals surface area contributed by atoms with Crippen molar-refractivity contribution in [1.29, 1.82) is 0 Å². The molecule has 5 rings (SSSR count). The van der Waals surface area contributed by atoms with E-state index < -0.39 is 29.1 Å². The third-order valence-electron chi connectivity index (χ3n) is 6.74. The average Bonchev–Trinajstić information content (AvgIpc) is 2.66. The lowest BCUT2D eigenvalue weighted by atomic mass is 9.48. The maximum atomic E-state index is 12.9. The molecule has 4 saturated carbocycles. The molecule has 0 spiro atoms. The zero-order chi connectivity index (χ0) is 23.3. The first-order chi connectivity index (χ1) is 15.0. The molecule has 0 aliphatic heterocycles. The number of esters is 1. The molecule has 2 unspecified atom stereocenters. The second-order valence-corrected chi connectivity index (χ2v) is 11.8. The molecule has 4 aliphatic carbocycles. The normalized spacial score (nSPS) is 30.0. The molecule has 0 radical (unpaired) electrons. The lowest BCUT2D eigenvalue weighted by Crippen LogP contribution is -2.59. The van der Waals surface area contributed by atoms with E-state index in [-0.39, 0.29) is 29.8 Å². The largest absolute Gasteiger partial charge is 0.514 e. The van der Waals surface area contributed by atoms with E-state index in [0.717, 1.165) is 9.99 Å². The van der Waals surface area contributed by atoms with Gasteiger partial charge in [-0.3, -0.25) is 4.79 Å². The number of benzene rings is 1. The van der Waals surface area contributed by atoms with Crippen molar-refractivity contribution in [3.63, 3.8) is 0 Å². The number of hydrogen-bond acceptors (Lipinski definition) is 6. The molecule has 4 fully saturated rings. The average molecular weight is 666 g/mol. The van der Waals surface area contributed by atoms with Gasteiger partial charge in [0.05, 0.1) is 8.99 Å². The Labute approximate surface area is 213 Å². The Hall–Kier alpha value is -1.37. The van der Waals surface area contributed by atoms with Crippen LogP contribution in [-0.4, -0.2) is 28.8 Å². The Balaban J connectivity index is 1.52. The summed E-state index contributed by atoms with van der Waals surface area (Å²) in [5.74, 6) is -0.517. The molecule has 0 heterocycles. The molecular formula is C23H24I2O7. The maximum Gasteiger partial charge on any atom is 0.514 e. The van der Waals surface area contributed by atoms with Gasteiger partial charge in [-0.15, -0.1) is 0 Å². The van der Waals surface area contributed by atoms with Gasteiger partial charge in [0.1, 0.15) is 12.2 Å². The van der Waals surface area contributed by atoms with Crippen LogP contribution in [0.25, 0.3) is 0 Å². The van der Waals surface area contributed by atoms with E-state index in [0.29, 0.717) is 41.2 Å². The van der Waals surface area contributed by atoms with Crippen molar-refractivity contribution in [2.24, 2.45) is 17.3 Å². The summed E-state index contributed by atoms with van der Waals surface area (Å²) in [6.45, 7) is 5.06. The second kappa shape index (κ2) is 8.77. The Morgan fingerprint density at radius 1 is 1.16 bits per heavy atom. The first-order valence-corrected chi connectivity index (χ1v) is 12.6. The fourth-order valence-electron chi connectivity index (χ4n) is 5.93. The van der Waals surface area contributed by atoms with Gasteiger partial charge in [0.15, 0.2) is 5.75 Å². The van der Waals surface area contributed by atoms with Crippen LogP contribution in [0.4, 0.5) is 4.79 Å². The van der Waals surface area contributed by atoms with Gasteiger partial charge >= 0.3 is 18.1 Å². The molecule has 4 aliphatic rings. The van der Waals surface area contributed by atoms with Crippen molar-refractivity contribution in [1.82, 2.24) is 0 Å². The van der Waals surface area contributed by atoms with Crippen LogP contribution in [0.2, 0.25) is 0 Å². The highest BCUT2D eigenvalue weighted by Crippen LogP contribution is 2.63. The summed E-state index contributed by atoms with van der Waals surface area (Å²) < 4.78 is 18.3. The van der Waals surface area contributed by atoms with Gasteiger partial charge in [-0.1, -0.05) is 6.58 Å². The van der Waals surface area contributed by atoms with E-state index in [1.165, 1.54) is 0 Å². The number of hydrogen-bond donors (Lipinski definition) is 1. The lowest BCUT2D eigenvalue weighted by molar-refractivity contribution is -0.193. The minimum Gasteiger partial charge on any atom is -0.481 e. The van der Waals surface area contributed by atoms with Crippen LogP contribution in [0.3, 0.4) is 0 Å². The summed E-state index contributed by atoms with van der Waals surface area (Å²) in [6.07, 6.45) is 3.17. The van der Waals surface area contributed by atoms with Crippen molar-refractivity contribution in [3.05, 3.63) is 37.0 Å². The summed E-state index contributed by atoms with van der Waals surface area (Å²) >= 11 is 4.20. The topological polar surface area (TPSA) is 99.1 Å². The molecule has 172 valence electrons. The van der Waals surface area contributed by atoms with Crippen LogP contribution in [0.1, 0.15) is 51.0 Å². The van der Waals surface area contributed by atoms with Crippen molar-refractivity contribution >= 4 is 63.3 Å².